The molecule has 0 aromatic heterocycles. The van der Waals surface area contributed by atoms with Crippen molar-refractivity contribution in [3.63, 3.8) is 0 Å². The molecule has 0 amide bonds. The van der Waals surface area contributed by atoms with Crippen LogP contribution in [0.2, 0.25) is 0 Å². The van der Waals surface area contributed by atoms with Crippen LogP contribution in [0.3, 0.4) is 0 Å². The topological polar surface area (TPSA) is 37.3 Å². The lowest BCUT2D eigenvalue weighted by molar-refractivity contribution is -0.137. The van der Waals surface area contributed by atoms with Crippen molar-refractivity contribution in [2.24, 2.45) is 5.92 Å². The quantitative estimate of drug-likeness (QED) is 0.366. The van der Waals surface area contributed by atoms with Gasteiger partial charge in [-0.1, -0.05) is 95.0 Å². The molecule has 1 N–H and O–H groups in total. The highest BCUT2D eigenvalue weighted by Crippen LogP contribution is 2.18. The van der Waals surface area contributed by atoms with Crippen molar-refractivity contribution in [3.05, 3.63) is 35.9 Å². The Balaban J connectivity index is 1.84. The van der Waals surface area contributed by atoms with Crippen LogP contribution < -0.4 is 0 Å². The van der Waals surface area contributed by atoms with E-state index in [9.17, 15) is 4.79 Å². The van der Waals surface area contributed by atoms with Crippen molar-refractivity contribution in [1.82, 2.24) is 0 Å². The van der Waals surface area contributed by atoms with E-state index in [-0.39, 0.29) is 0 Å². The van der Waals surface area contributed by atoms with Crippen molar-refractivity contribution in [2.75, 3.05) is 0 Å². The first-order chi connectivity index (χ1) is 11.7. The smallest absolute Gasteiger partial charge is 0.303 e. The van der Waals surface area contributed by atoms with Gasteiger partial charge in [0.15, 0.2) is 0 Å². The maximum atomic E-state index is 10.4. The third-order valence-electron chi connectivity index (χ3n) is 4.84. The fraction of sp³-hybridized carbons (Fsp3) is 0.682. The zero-order valence-electron chi connectivity index (χ0n) is 15.5. The summed E-state index contributed by atoms with van der Waals surface area (Å²) in [6.45, 7) is 2.38. The Hall–Kier alpha value is -1.31. The Morgan fingerprint density at radius 1 is 0.833 bits per heavy atom. The summed E-state index contributed by atoms with van der Waals surface area (Å²) < 4.78 is 0. The molecule has 0 bridgehead atoms. The van der Waals surface area contributed by atoms with E-state index < -0.39 is 5.97 Å². The SMILES string of the molecule is CC(CCCCCCCC(=O)O)CCCCCCc1ccccc1. The molecule has 2 heteroatoms. The highest BCUT2D eigenvalue weighted by molar-refractivity contribution is 5.66. The standard InChI is InChI=1S/C22H36O2/c1-20(14-8-3-2-4-13-19-22(23)24)15-9-5-6-10-16-21-17-11-7-12-18-21/h7,11-12,17-18,20H,2-6,8-10,13-16,19H2,1H3,(H,23,24). The lowest BCUT2D eigenvalue weighted by Gasteiger charge is -2.11. The molecule has 2 nitrogen and oxygen atoms in total. The fourth-order valence-corrected chi connectivity index (χ4v) is 3.26. The number of aryl methyl sites for hydroxylation is 1. The van der Waals surface area contributed by atoms with E-state index in [0.717, 1.165) is 18.8 Å². The first-order valence-corrected chi connectivity index (χ1v) is 9.94. The second-order valence-corrected chi connectivity index (χ2v) is 7.24. The molecule has 1 atom stereocenters. The minimum absolute atomic E-state index is 0.334. The normalized spacial score (nSPS) is 12.2. The van der Waals surface area contributed by atoms with E-state index in [1.165, 1.54) is 69.8 Å². The van der Waals surface area contributed by atoms with Crippen LogP contribution in [-0.2, 0) is 11.2 Å². The van der Waals surface area contributed by atoms with Gasteiger partial charge in [-0.3, -0.25) is 4.79 Å². The van der Waals surface area contributed by atoms with Crippen LogP contribution in [0.15, 0.2) is 30.3 Å². The summed E-state index contributed by atoms with van der Waals surface area (Å²) in [7, 11) is 0. The number of carboxylic acid groups (broad SMARTS) is 1. The third-order valence-corrected chi connectivity index (χ3v) is 4.84. The van der Waals surface area contributed by atoms with Gasteiger partial charge in [0.25, 0.3) is 0 Å². The van der Waals surface area contributed by atoms with Crippen LogP contribution in [0.4, 0.5) is 0 Å². The summed E-state index contributed by atoms with van der Waals surface area (Å²) in [5.74, 6) is 0.186. The summed E-state index contributed by atoms with van der Waals surface area (Å²) in [5.41, 5.74) is 1.47. The second kappa shape index (κ2) is 14.1. The lowest BCUT2D eigenvalue weighted by Crippen LogP contribution is -1.96. The van der Waals surface area contributed by atoms with Crippen molar-refractivity contribution in [2.45, 2.75) is 90.4 Å². The largest absolute Gasteiger partial charge is 0.481 e. The molecule has 136 valence electrons. The van der Waals surface area contributed by atoms with Gasteiger partial charge >= 0.3 is 5.97 Å². The molecule has 0 aliphatic rings. The van der Waals surface area contributed by atoms with Gasteiger partial charge in [0.2, 0.25) is 0 Å². The average molecular weight is 333 g/mol. The Kier molecular flexibility index (Phi) is 12.2. The van der Waals surface area contributed by atoms with E-state index in [1.807, 2.05) is 0 Å². The molecule has 1 aromatic rings. The lowest BCUT2D eigenvalue weighted by atomic mass is 9.95. The van der Waals surface area contributed by atoms with Crippen LogP contribution >= 0.6 is 0 Å². The Labute approximate surface area is 148 Å². The van der Waals surface area contributed by atoms with Crippen molar-refractivity contribution >= 4 is 5.97 Å². The minimum atomic E-state index is -0.660. The Morgan fingerprint density at radius 3 is 2.00 bits per heavy atom. The van der Waals surface area contributed by atoms with Gasteiger partial charge in [-0.15, -0.1) is 0 Å². The first-order valence-electron chi connectivity index (χ1n) is 9.94. The van der Waals surface area contributed by atoms with E-state index in [0.29, 0.717) is 6.42 Å². The Morgan fingerprint density at radius 2 is 1.38 bits per heavy atom. The van der Waals surface area contributed by atoms with Crippen molar-refractivity contribution in [1.29, 1.82) is 0 Å². The molecule has 0 heterocycles. The zero-order chi connectivity index (χ0) is 17.5. The van der Waals surface area contributed by atoms with Gasteiger partial charge in [0, 0.05) is 6.42 Å². The molecule has 1 rings (SSSR count). The molecule has 0 aliphatic heterocycles. The van der Waals surface area contributed by atoms with Crippen LogP contribution in [0, 0.1) is 5.92 Å². The molecule has 0 aliphatic carbocycles. The maximum Gasteiger partial charge on any atom is 0.303 e. The predicted octanol–water partition coefficient (Wildman–Crippen LogP) is 6.63. The second-order valence-electron chi connectivity index (χ2n) is 7.24. The molecule has 0 radical (unpaired) electrons. The zero-order valence-corrected chi connectivity index (χ0v) is 15.5. The summed E-state index contributed by atoms with van der Waals surface area (Å²) in [5, 5.41) is 8.58. The van der Waals surface area contributed by atoms with Gasteiger partial charge in [0.05, 0.1) is 0 Å². The fourth-order valence-electron chi connectivity index (χ4n) is 3.26. The highest BCUT2D eigenvalue weighted by Gasteiger charge is 2.03. The van der Waals surface area contributed by atoms with E-state index in [4.69, 9.17) is 5.11 Å². The molecule has 24 heavy (non-hydrogen) atoms. The van der Waals surface area contributed by atoms with Crippen molar-refractivity contribution in [3.8, 4) is 0 Å². The van der Waals surface area contributed by atoms with E-state index in [2.05, 4.69) is 37.3 Å². The average Bonchev–Trinajstić information content (AvgIpc) is 2.57. The van der Waals surface area contributed by atoms with E-state index >= 15 is 0 Å². The van der Waals surface area contributed by atoms with Gasteiger partial charge in [0.1, 0.15) is 0 Å². The van der Waals surface area contributed by atoms with Crippen LogP contribution in [0.5, 0.6) is 0 Å². The molecule has 0 spiro atoms. The molecular weight excluding hydrogens is 296 g/mol. The maximum absolute atomic E-state index is 10.4. The number of hydrogen-bond acceptors (Lipinski definition) is 1. The molecule has 1 aromatic carbocycles. The first kappa shape index (κ1) is 20.7. The predicted molar refractivity (Wildman–Crippen MR) is 102 cm³/mol. The number of carboxylic acids is 1. The number of hydrogen-bond donors (Lipinski definition) is 1. The summed E-state index contributed by atoms with van der Waals surface area (Å²) in [4.78, 5) is 10.4. The number of unbranched alkanes of at least 4 members (excludes halogenated alkanes) is 7. The highest BCUT2D eigenvalue weighted by atomic mass is 16.4. The van der Waals surface area contributed by atoms with Gasteiger partial charge < -0.3 is 5.11 Å². The minimum Gasteiger partial charge on any atom is -0.481 e. The van der Waals surface area contributed by atoms with Gasteiger partial charge in [-0.2, -0.15) is 0 Å². The third kappa shape index (κ3) is 12.2. The molecule has 0 saturated carbocycles. The Bertz CT molecular complexity index is 413. The summed E-state index contributed by atoms with van der Waals surface area (Å²) >= 11 is 0. The van der Waals surface area contributed by atoms with Crippen LogP contribution in [0.1, 0.15) is 89.5 Å². The number of benzene rings is 1. The molecule has 0 fully saturated rings. The summed E-state index contributed by atoms with van der Waals surface area (Å²) in [6, 6.07) is 10.8. The van der Waals surface area contributed by atoms with Gasteiger partial charge in [-0.25, -0.2) is 0 Å². The summed E-state index contributed by atoms with van der Waals surface area (Å²) in [6.07, 6.45) is 15.3. The number of aliphatic carboxylic acids is 1. The van der Waals surface area contributed by atoms with Crippen LogP contribution in [-0.4, -0.2) is 11.1 Å². The van der Waals surface area contributed by atoms with Crippen molar-refractivity contribution < 1.29 is 9.90 Å². The van der Waals surface area contributed by atoms with Crippen LogP contribution in [0.25, 0.3) is 0 Å². The van der Waals surface area contributed by atoms with E-state index in [1.54, 1.807) is 0 Å². The number of rotatable bonds is 15. The molecular formula is C22H36O2. The van der Waals surface area contributed by atoms with Gasteiger partial charge in [-0.05, 0) is 30.7 Å². The monoisotopic (exact) mass is 332 g/mol. The molecule has 0 saturated heterocycles. The molecule has 1 unspecified atom stereocenters. The number of carbonyl (C=O) groups is 1.